The molecule has 0 aromatic rings. The number of aliphatic carboxylic acids is 1. The zero-order chi connectivity index (χ0) is 16.0. The van der Waals surface area contributed by atoms with Gasteiger partial charge in [-0.05, 0) is 19.8 Å². The van der Waals surface area contributed by atoms with Crippen LogP contribution in [0, 0.1) is 0 Å². The maximum absolute atomic E-state index is 10.8. The lowest BCUT2D eigenvalue weighted by Gasteiger charge is -2.17. The number of rotatable bonds is 15. The molecular weight excluding hydrogens is 292 g/mol. The van der Waals surface area contributed by atoms with Gasteiger partial charge in [-0.15, -0.1) is 0 Å². The van der Waals surface area contributed by atoms with Gasteiger partial charge in [0.05, 0.1) is 26.4 Å². The minimum atomic E-state index is -1.04. The van der Waals surface area contributed by atoms with Gasteiger partial charge >= 0.3 is 5.97 Å². The Bertz CT molecular complexity index is 258. The molecule has 126 valence electrons. The Balaban J connectivity index is 3.18. The summed E-state index contributed by atoms with van der Waals surface area (Å²) in [5.74, 6) is -0.929. The molecule has 5 nitrogen and oxygen atoms in total. The third-order valence-corrected chi connectivity index (χ3v) is 3.50. The van der Waals surface area contributed by atoms with Crippen molar-refractivity contribution >= 4 is 18.6 Å². The Hall–Kier alpha value is -0.300. The summed E-state index contributed by atoms with van der Waals surface area (Å²) in [6, 6.07) is 0. The smallest absolute Gasteiger partial charge is 0.319 e. The van der Waals surface area contributed by atoms with Gasteiger partial charge < -0.3 is 19.3 Å². The third-order valence-electron chi connectivity index (χ3n) is 3.08. The van der Waals surface area contributed by atoms with E-state index in [1.807, 2.05) is 0 Å². The number of carboxylic acids is 1. The van der Waals surface area contributed by atoms with E-state index in [1.165, 1.54) is 19.3 Å². The van der Waals surface area contributed by atoms with Crippen molar-refractivity contribution < 1.29 is 24.1 Å². The second-order valence-electron chi connectivity index (χ2n) is 5.23. The molecule has 0 spiro atoms. The van der Waals surface area contributed by atoms with Gasteiger partial charge in [-0.1, -0.05) is 26.2 Å². The lowest BCUT2D eigenvalue weighted by atomic mass is 10.1. The standard InChI is InChI=1S/C15H30O5S/c1-3-4-5-6-8-18-10-12-20-13-11-19-9-7-15(2,21)14(16)17/h21H,3-13H2,1-2H3,(H,16,17). The fraction of sp³-hybridized carbons (Fsp3) is 0.933. The zero-order valence-electron chi connectivity index (χ0n) is 13.3. The van der Waals surface area contributed by atoms with Gasteiger partial charge in [-0.2, -0.15) is 12.6 Å². The molecule has 0 bridgehead atoms. The first-order valence-corrected chi connectivity index (χ1v) is 8.14. The van der Waals surface area contributed by atoms with E-state index >= 15 is 0 Å². The largest absolute Gasteiger partial charge is 0.480 e. The van der Waals surface area contributed by atoms with E-state index in [1.54, 1.807) is 6.92 Å². The van der Waals surface area contributed by atoms with Gasteiger partial charge in [0.25, 0.3) is 0 Å². The van der Waals surface area contributed by atoms with Crippen LogP contribution < -0.4 is 0 Å². The van der Waals surface area contributed by atoms with Crippen LogP contribution in [0.3, 0.4) is 0 Å². The number of hydrogen-bond acceptors (Lipinski definition) is 5. The summed E-state index contributed by atoms with van der Waals surface area (Å²) in [7, 11) is 0. The van der Waals surface area contributed by atoms with Crippen molar-refractivity contribution in [3.63, 3.8) is 0 Å². The summed E-state index contributed by atoms with van der Waals surface area (Å²) in [6.45, 7) is 7.05. The highest BCUT2D eigenvalue weighted by Gasteiger charge is 2.27. The molecule has 0 aromatic heterocycles. The molecular formula is C15H30O5S. The van der Waals surface area contributed by atoms with Gasteiger partial charge in [0.15, 0.2) is 0 Å². The number of hydrogen-bond donors (Lipinski definition) is 2. The lowest BCUT2D eigenvalue weighted by molar-refractivity contribution is -0.139. The molecule has 0 aromatic carbocycles. The molecule has 1 atom stereocenters. The van der Waals surface area contributed by atoms with E-state index in [0.29, 0.717) is 39.5 Å². The fourth-order valence-electron chi connectivity index (χ4n) is 1.55. The van der Waals surface area contributed by atoms with Crippen LogP contribution in [-0.2, 0) is 19.0 Å². The summed E-state index contributed by atoms with van der Waals surface area (Å²) in [6.07, 6.45) is 5.22. The number of unbranched alkanes of at least 4 members (excludes halogenated alkanes) is 3. The molecule has 0 radical (unpaired) electrons. The zero-order valence-corrected chi connectivity index (χ0v) is 14.2. The number of carbonyl (C=O) groups is 1. The highest BCUT2D eigenvalue weighted by Crippen LogP contribution is 2.18. The van der Waals surface area contributed by atoms with Crippen molar-refractivity contribution in [1.82, 2.24) is 0 Å². The molecule has 0 saturated carbocycles. The van der Waals surface area contributed by atoms with Crippen LogP contribution in [0.25, 0.3) is 0 Å². The average Bonchev–Trinajstić information content (AvgIpc) is 2.43. The highest BCUT2D eigenvalue weighted by molar-refractivity contribution is 7.82. The monoisotopic (exact) mass is 322 g/mol. The topological polar surface area (TPSA) is 65.0 Å². The average molecular weight is 322 g/mol. The van der Waals surface area contributed by atoms with E-state index in [4.69, 9.17) is 19.3 Å². The maximum atomic E-state index is 10.8. The predicted octanol–water partition coefficient (Wildman–Crippen LogP) is 2.78. The SMILES string of the molecule is CCCCCCOCCOCCOCCC(C)(S)C(=O)O. The van der Waals surface area contributed by atoms with Gasteiger partial charge in [0.1, 0.15) is 4.75 Å². The second kappa shape index (κ2) is 13.4. The van der Waals surface area contributed by atoms with Crippen LogP contribution in [0.5, 0.6) is 0 Å². The van der Waals surface area contributed by atoms with E-state index < -0.39 is 10.7 Å². The molecule has 21 heavy (non-hydrogen) atoms. The molecule has 0 aliphatic carbocycles. The first-order chi connectivity index (χ1) is 10.0. The molecule has 0 aliphatic heterocycles. The summed E-state index contributed by atoms with van der Waals surface area (Å²) in [5, 5.41) is 8.86. The van der Waals surface area contributed by atoms with Crippen LogP contribution in [0.2, 0.25) is 0 Å². The second-order valence-corrected chi connectivity index (χ2v) is 6.21. The lowest BCUT2D eigenvalue weighted by Crippen LogP contribution is -2.30. The molecule has 6 heteroatoms. The van der Waals surface area contributed by atoms with E-state index in [9.17, 15) is 4.79 Å². The number of carboxylic acid groups (broad SMARTS) is 1. The van der Waals surface area contributed by atoms with Crippen molar-refractivity contribution in [3.05, 3.63) is 0 Å². The Labute approximate surface area is 133 Å². The number of ether oxygens (including phenoxy) is 3. The molecule has 1 N–H and O–H groups in total. The molecule has 0 saturated heterocycles. The summed E-state index contributed by atoms with van der Waals surface area (Å²) >= 11 is 4.07. The summed E-state index contributed by atoms with van der Waals surface area (Å²) in [5.41, 5.74) is 0. The molecule has 0 heterocycles. The van der Waals surface area contributed by atoms with Crippen molar-refractivity contribution in [3.8, 4) is 0 Å². The molecule has 0 fully saturated rings. The van der Waals surface area contributed by atoms with Crippen molar-refractivity contribution in [2.75, 3.05) is 39.6 Å². The van der Waals surface area contributed by atoms with Crippen LogP contribution in [0.1, 0.15) is 46.0 Å². The Morgan fingerprint density at radius 2 is 1.48 bits per heavy atom. The number of thiol groups is 1. The van der Waals surface area contributed by atoms with Crippen molar-refractivity contribution in [2.45, 2.75) is 50.7 Å². The van der Waals surface area contributed by atoms with Gasteiger partial charge in [0, 0.05) is 13.2 Å². The van der Waals surface area contributed by atoms with Crippen molar-refractivity contribution in [2.24, 2.45) is 0 Å². The van der Waals surface area contributed by atoms with E-state index in [0.717, 1.165) is 13.0 Å². The summed E-state index contributed by atoms with van der Waals surface area (Å²) in [4.78, 5) is 10.8. The Kier molecular flexibility index (Phi) is 13.2. The van der Waals surface area contributed by atoms with E-state index in [-0.39, 0.29) is 0 Å². The molecule has 1 unspecified atom stereocenters. The Morgan fingerprint density at radius 1 is 0.952 bits per heavy atom. The minimum absolute atomic E-state index is 0.365. The maximum Gasteiger partial charge on any atom is 0.319 e. The van der Waals surface area contributed by atoms with Gasteiger partial charge in [-0.25, -0.2) is 0 Å². The van der Waals surface area contributed by atoms with Crippen LogP contribution in [-0.4, -0.2) is 55.5 Å². The first kappa shape index (κ1) is 20.7. The first-order valence-electron chi connectivity index (χ1n) is 7.69. The molecule has 0 aliphatic rings. The van der Waals surface area contributed by atoms with Gasteiger partial charge in [-0.3, -0.25) is 4.79 Å². The third kappa shape index (κ3) is 13.1. The predicted molar refractivity (Wildman–Crippen MR) is 86.2 cm³/mol. The molecule has 0 amide bonds. The Morgan fingerprint density at radius 3 is 2.00 bits per heavy atom. The fourth-order valence-corrected chi connectivity index (χ4v) is 1.64. The van der Waals surface area contributed by atoms with Crippen LogP contribution >= 0.6 is 12.6 Å². The quantitative estimate of drug-likeness (QED) is 0.358. The van der Waals surface area contributed by atoms with Crippen molar-refractivity contribution in [1.29, 1.82) is 0 Å². The highest BCUT2D eigenvalue weighted by atomic mass is 32.1. The van der Waals surface area contributed by atoms with E-state index in [2.05, 4.69) is 19.6 Å². The van der Waals surface area contributed by atoms with Crippen LogP contribution in [0.15, 0.2) is 0 Å². The minimum Gasteiger partial charge on any atom is -0.480 e. The van der Waals surface area contributed by atoms with Crippen LogP contribution in [0.4, 0.5) is 0 Å². The normalized spacial score (nSPS) is 14.0. The summed E-state index contributed by atoms with van der Waals surface area (Å²) < 4.78 is 15.1. The molecule has 0 rings (SSSR count). The van der Waals surface area contributed by atoms with Gasteiger partial charge in [0.2, 0.25) is 0 Å².